The van der Waals surface area contributed by atoms with Crippen molar-refractivity contribution < 1.29 is 4.79 Å². The smallest absolute Gasteiger partial charge is 0.253 e. The number of halogens is 1. The minimum absolute atomic E-state index is 0.0253. The van der Waals surface area contributed by atoms with Gasteiger partial charge in [-0.25, -0.2) is 0 Å². The molecule has 2 N–H and O–H groups in total. The van der Waals surface area contributed by atoms with Crippen LogP contribution in [0, 0.1) is 0 Å². The highest BCUT2D eigenvalue weighted by Crippen LogP contribution is 2.33. The van der Waals surface area contributed by atoms with Crippen LogP contribution < -0.4 is 5.73 Å². The maximum absolute atomic E-state index is 12.0. The Morgan fingerprint density at radius 3 is 2.40 bits per heavy atom. The Labute approximate surface area is 131 Å². The lowest BCUT2D eigenvalue weighted by Gasteiger charge is -2.12. The number of carbonyl (C=O) groups is 1. The average molecular weight is 351 g/mol. The van der Waals surface area contributed by atoms with E-state index in [-0.39, 0.29) is 5.91 Å². The van der Waals surface area contributed by atoms with E-state index in [1.165, 1.54) is 0 Å². The van der Waals surface area contributed by atoms with Crippen LogP contribution in [0.1, 0.15) is 10.4 Å². The molecule has 0 bridgehead atoms. The summed E-state index contributed by atoms with van der Waals surface area (Å²) in [5, 5.41) is 0. The Morgan fingerprint density at radius 2 is 1.80 bits per heavy atom. The molecule has 0 aromatic heterocycles. The number of nitrogens with two attached hydrogens (primary N) is 1. The maximum Gasteiger partial charge on any atom is 0.253 e. The minimum atomic E-state index is -0.0253. The molecule has 2 rings (SSSR count). The molecule has 1 amide bonds. The highest BCUT2D eigenvalue weighted by atomic mass is 79.9. The van der Waals surface area contributed by atoms with E-state index < -0.39 is 0 Å². The number of nitrogens with zero attached hydrogens (tertiary/aromatic N) is 1. The third kappa shape index (κ3) is 3.55. The first-order valence-electron chi connectivity index (χ1n) is 6.02. The Hall–Kier alpha value is -1.46. The van der Waals surface area contributed by atoms with Crippen LogP contribution in [0.4, 0.5) is 5.69 Å². The van der Waals surface area contributed by atoms with Crippen molar-refractivity contribution in [2.75, 3.05) is 19.8 Å². The van der Waals surface area contributed by atoms with Gasteiger partial charge in [0.1, 0.15) is 0 Å². The fraction of sp³-hybridized carbons (Fsp3) is 0.133. The molecule has 5 heteroatoms. The van der Waals surface area contributed by atoms with E-state index in [4.69, 9.17) is 5.73 Å². The second-order valence-electron chi connectivity index (χ2n) is 4.51. The summed E-state index contributed by atoms with van der Waals surface area (Å²) in [6, 6.07) is 13.3. The first kappa shape index (κ1) is 14.9. The van der Waals surface area contributed by atoms with Crippen molar-refractivity contribution in [1.82, 2.24) is 4.90 Å². The lowest BCUT2D eigenvalue weighted by Crippen LogP contribution is -2.21. The molecular weight excluding hydrogens is 336 g/mol. The van der Waals surface area contributed by atoms with E-state index in [0.29, 0.717) is 11.3 Å². The van der Waals surface area contributed by atoms with Crippen molar-refractivity contribution >= 4 is 39.3 Å². The van der Waals surface area contributed by atoms with E-state index in [1.54, 1.807) is 42.9 Å². The minimum Gasteiger partial charge on any atom is -0.398 e. The van der Waals surface area contributed by atoms with E-state index in [2.05, 4.69) is 15.9 Å². The third-order valence-corrected chi connectivity index (χ3v) is 4.32. The molecule has 2 aromatic rings. The third-order valence-electron chi connectivity index (χ3n) is 2.71. The highest BCUT2D eigenvalue weighted by Gasteiger charge is 2.11. The summed E-state index contributed by atoms with van der Waals surface area (Å²) < 4.78 is 1.03. The molecular formula is C15H15BrN2OS. The standard InChI is InChI=1S/C15H15BrN2OS/c1-18(2)15(19)10-3-8-13(17)14(9-10)20-12-6-4-11(16)5-7-12/h3-9H,17H2,1-2H3. The van der Waals surface area contributed by atoms with Crippen molar-refractivity contribution in [2.45, 2.75) is 9.79 Å². The van der Waals surface area contributed by atoms with Gasteiger partial charge in [0.15, 0.2) is 0 Å². The number of hydrogen-bond acceptors (Lipinski definition) is 3. The molecule has 0 unspecified atom stereocenters. The van der Waals surface area contributed by atoms with Crippen LogP contribution in [0.3, 0.4) is 0 Å². The molecule has 0 atom stereocenters. The normalized spacial score (nSPS) is 10.3. The van der Waals surface area contributed by atoms with E-state index in [0.717, 1.165) is 14.3 Å². The topological polar surface area (TPSA) is 46.3 Å². The zero-order valence-electron chi connectivity index (χ0n) is 11.3. The number of carbonyl (C=O) groups excluding carboxylic acids is 1. The fourth-order valence-electron chi connectivity index (χ4n) is 1.64. The van der Waals surface area contributed by atoms with Crippen LogP contribution in [0.25, 0.3) is 0 Å². The number of hydrogen-bond donors (Lipinski definition) is 1. The number of amides is 1. The van der Waals surface area contributed by atoms with Crippen LogP contribution in [0.5, 0.6) is 0 Å². The number of benzene rings is 2. The summed E-state index contributed by atoms with van der Waals surface area (Å²) in [7, 11) is 3.47. The van der Waals surface area contributed by atoms with Crippen LogP contribution >= 0.6 is 27.7 Å². The zero-order chi connectivity index (χ0) is 14.7. The molecule has 0 fully saturated rings. The van der Waals surface area contributed by atoms with E-state index >= 15 is 0 Å². The summed E-state index contributed by atoms with van der Waals surface area (Å²) in [4.78, 5) is 15.5. The molecule has 3 nitrogen and oxygen atoms in total. The Kier molecular flexibility index (Phi) is 4.73. The van der Waals surface area contributed by atoms with Gasteiger partial charge in [-0.15, -0.1) is 0 Å². The van der Waals surface area contributed by atoms with Gasteiger partial charge in [0, 0.05) is 39.6 Å². The van der Waals surface area contributed by atoms with Crippen LogP contribution in [-0.4, -0.2) is 24.9 Å². The monoisotopic (exact) mass is 350 g/mol. The fourth-order valence-corrected chi connectivity index (χ4v) is 2.81. The molecule has 0 aliphatic rings. The predicted molar refractivity (Wildman–Crippen MR) is 87.1 cm³/mol. The van der Waals surface area contributed by atoms with Crippen molar-refractivity contribution in [2.24, 2.45) is 0 Å². The number of rotatable bonds is 3. The molecule has 0 saturated carbocycles. The molecule has 0 heterocycles. The SMILES string of the molecule is CN(C)C(=O)c1ccc(N)c(Sc2ccc(Br)cc2)c1. The van der Waals surface area contributed by atoms with Gasteiger partial charge in [0.25, 0.3) is 5.91 Å². The summed E-state index contributed by atoms with van der Waals surface area (Å²) in [6.45, 7) is 0. The van der Waals surface area contributed by atoms with Gasteiger partial charge in [0.2, 0.25) is 0 Å². The van der Waals surface area contributed by atoms with Crippen LogP contribution in [-0.2, 0) is 0 Å². The van der Waals surface area contributed by atoms with Gasteiger partial charge >= 0.3 is 0 Å². The lowest BCUT2D eigenvalue weighted by molar-refractivity contribution is 0.0827. The zero-order valence-corrected chi connectivity index (χ0v) is 13.7. The first-order chi connectivity index (χ1) is 9.47. The van der Waals surface area contributed by atoms with E-state index in [9.17, 15) is 4.79 Å². The summed E-state index contributed by atoms with van der Waals surface area (Å²) in [5.41, 5.74) is 7.31. The van der Waals surface area contributed by atoms with Crippen molar-refractivity contribution in [3.63, 3.8) is 0 Å². The van der Waals surface area contributed by atoms with Gasteiger partial charge in [-0.2, -0.15) is 0 Å². The van der Waals surface area contributed by atoms with Crippen LogP contribution in [0.15, 0.2) is 56.7 Å². The first-order valence-corrected chi connectivity index (χ1v) is 7.63. The number of anilines is 1. The predicted octanol–water partition coefficient (Wildman–Crippen LogP) is 3.88. The Morgan fingerprint density at radius 1 is 1.15 bits per heavy atom. The Balaban J connectivity index is 2.29. The molecule has 2 aromatic carbocycles. The van der Waals surface area contributed by atoms with Crippen molar-refractivity contribution in [1.29, 1.82) is 0 Å². The molecule has 0 radical (unpaired) electrons. The summed E-state index contributed by atoms with van der Waals surface area (Å²) >= 11 is 4.96. The van der Waals surface area contributed by atoms with Crippen molar-refractivity contribution in [3.8, 4) is 0 Å². The van der Waals surface area contributed by atoms with Gasteiger partial charge in [-0.1, -0.05) is 27.7 Å². The van der Waals surface area contributed by atoms with Gasteiger partial charge in [-0.05, 0) is 42.5 Å². The van der Waals surface area contributed by atoms with E-state index in [1.807, 2.05) is 30.3 Å². The summed E-state index contributed by atoms with van der Waals surface area (Å²) in [5.74, 6) is -0.0253. The molecule has 0 saturated heterocycles. The second-order valence-corrected chi connectivity index (χ2v) is 6.54. The molecule has 0 aliphatic heterocycles. The summed E-state index contributed by atoms with van der Waals surface area (Å²) in [6.07, 6.45) is 0. The molecule has 0 spiro atoms. The van der Waals surface area contributed by atoms with Crippen LogP contribution in [0.2, 0.25) is 0 Å². The second kappa shape index (κ2) is 6.33. The Bertz CT molecular complexity index is 626. The average Bonchev–Trinajstić information content (AvgIpc) is 2.43. The highest BCUT2D eigenvalue weighted by molar-refractivity contribution is 9.10. The quantitative estimate of drug-likeness (QED) is 0.854. The van der Waals surface area contributed by atoms with Gasteiger partial charge < -0.3 is 10.6 Å². The number of nitrogen functional groups attached to an aromatic ring is 1. The maximum atomic E-state index is 12.0. The van der Waals surface area contributed by atoms with Gasteiger partial charge in [-0.3, -0.25) is 4.79 Å². The van der Waals surface area contributed by atoms with Crippen molar-refractivity contribution in [3.05, 3.63) is 52.5 Å². The lowest BCUT2D eigenvalue weighted by atomic mass is 10.2. The molecule has 104 valence electrons. The molecule has 20 heavy (non-hydrogen) atoms. The van der Waals surface area contributed by atoms with Gasteiger partial charge in [0.05, 0.1) is 0 Å². The largest absolute Gasteiger partial charge is 0.398 e. The molecule has 0 aliphatic carbocycles.